The number of carbonyl (C=O) groups is 9. The van der Waals surface area contributed by atoms with Crippen LogP contribution in [0.4, 0.5) is 0 Å². The van der Waals surface area contributed by atoms with Crippen molar-refractivity contribution in [2.45, 2.75) is 134 Å². The van der Waals surface area contributed by atoms with Crippen molar-refractivity contribution >= 4 is 53.3 Å². The average Bonchev–Trinajstić information content (AvgIpc) is 3.75. The van der Waals surface area contributed by atoms with Gasteiger partial charge in [-0.1, -0.05) is 19.1 Å². The summed E-state index contributed by atoms with van der Waals surface area (Å²) in [6.07, 6.45) is -4.14. The number of hydrogen-bond acceptors (Lipinski definition) is 18. The van der Waals surface area contributed by atoms with Crippen molar-refractivity contribution in [2.24, 2.45) is 11.7 Å². The molecule has 390 valence electrons. The number of aliphatic hydroxyl groups is 3. The van der Waals surface area contributed by atoms with Gasteiger partial charge in [-0.2, -0.15) is 0 Å². The van der Waals surface area contributed by atoms with Gasteiger partial charge in [0.1, 0.15) is 49.1 Å². The van der Waals surface area contributed by atoms with Crippen LogP contribution in [0.25, 0.3) is 0 Å². The number of rotatable bonds is 35. The Morgan fingerprint density at radius 3 is 1.97 bits per heavy atom. The Bertz CT molecular complexity index is 1840. The maximum Gasteiger partial charge on any atom is 0.303 e. The molecule has 0 saturated carbocycles. The Morgan fingerprint density at radius 2 is 1.38 bits per heavy atom. The minimum atomic E-state index is -1.47. The maximum absolute atomic E-state index is 13.2. The van der Waals surface area contributed by atoms with Crippen LogP contribution in [0, 0.1) is 5.92 Å². The van der Waals surface area contributed by atoms with E-state index < -0.39 is 128 Å². The number of nitrogens with one attached hydrogen (secondary N) is 6. The van der Waals surface area contributed by atoms with Gasteiger partial charge in [0.2, 0.25) is 41.4 Å². The molecule has 0 aromatic carbocycles. The average molecular weight is 989 g/mol. The first-order valence-corrected chi connectivity index (χ1v) is 22.4. The summed E-state index contributed by atoms with van der Waals surface area (Å²) in [4.78, 5) is 109. The summed E-state index contributed by atoms with van der Waals surface area (Å²) in [6.45, 7) is 4.52. The minimum absolute atomic E-state index is 0.0140. The van der Waals surface area contributed by atoms with Gasteiger partial charge >= 0.3 is 11.9 Å². The van der Waals surface area contributed by atoms with E-state index in [9.17, 15) is 63.6 Å². The van der Waals surface area contributed by atoms with Gasteiger partial charge in [-0.15, -0.1) is 5.10 Å². The first-order chi connectivity index (χ1) is 32.7. The third kappa shape index (κ3) is 23.8. The second kappa shape index (κ2) is 32.0. The summed E-state index contributed by atoms with van der Waals surface area (Å²) in [7, 11) is 0. The van der Waals surface area contributed by atoms with Crippen LogP contribution in [0.15, 0.2) is 6.20 Å². The highest BCUT2D eigenvalue weighted by atomic mass is 16.7. The fourth-order valence-corrected chi connectivity index (χ4v) is 6.41. The molecule has 0 aliphatic carbocycles. The predicted octanol–water partition coefficient (Wildman–Crippen LogP) is -5.07. The number of hydrogen-bond donors (Lipinski definition) is 12. The largest absolute Gasteiger partial charge is 0.481 e. The highest BCUT2D eigenvalue weighted by Gasteiger charge is 2.45. The van der Waals surface area contributed by atoms with Gasteiger partial charge in [0.05, 0.1) is 45.3 Å². The van der Waals surface area contributed by atoms with Crippen molar-refractivity contribution in [1.82, 2.24) is 46.9 Å². The fraction of sp³-hybridized carbons (Fsp3) is 0.732. The van der Waals surface area contributed by atoms with Crippen LogP contribution in [0.5, 0.6) is 0 Å². The van der Waals surface area contributed by atoms with E-state index in [4.69, 9.17) is 29.8 Å². The smallest absolute Gasteiger partial charge is 0.303 e. The zero-order valence-electron chi connectivity index (χ0n) is 39.0. The Labute approximate surface area is 397 Å². The summed E-state index contributed by atoms with van der Waals surface area (Å²) in [5.74, 6) is -7.52. The van der Waals surface area contributed by atoms with Gasteiger partial charge in [0.25, 0.3) is 0 Å². The number of carbonyl (C=O) groups excluding carboxylic acids is 7. The molecular weight excluding hydrogens is 921 g/mol. The van der Waals surface area contributed by atoms with E-state index in [0.717, 1.165) is 0 Å². The summed E-state index contributed by atoms with van der Waals surface area (Å²) in [5.41, 5.74) is 6.03. The van der Waals surface area contributed by atoms with Gasteiger partial charge in [-0.05, 0) is 32.1 Å². The van der Waals surface area contributed by atoms with E-state index in [1.165, 1.54) is 11.6 Å². The van der Waals surface area contributed by atoms with Crippen molar-refractivity contribution in [3.63, 3.8) is 0 Å². The van der Waals surface area contributed by atoms with Crippen LogP contribution in [0.3, 0.4) is 0 Å². The lowest BCUT2D eigenvalue weighted by Crippen LogP contribution is -2.64. The first-order valence-electron chi connectivity index (χ1n) is 22.4. The first kappa shape index (κ1) is 59.2. The molecule has 1 aromatic rings. The number of ether oxygens (including phenoxy) is 4. The molecule has 1 aromatic heterocycles. The molecule has 13 N–H and O–H groups in total. The molecule has 1 saturated heterocycles. The Hall–Kier alpha value is -5.91. The molecule has 28 nitrogen and oxygen atoms in total. The second-order valence-corrected chi connectivity index (χ2v) is 16.2. The predicted molar refractivity (Wildman–Crippen MR) is 235 cm³/mol. The minimum Gasteiger partial charge on any atom is -0.481 e. The number of aryl methyl sites for hydroxylation is 1. The number of aromatic nitrogens is 3. The van der Waals surface area contributed by atoms with Crippen molar-refractivity contribution in [1.29, 1.82) is 0 Å². The van der Waals surface area contributed by atoms with E-state index >= 15 is 0 Å². The summed E-state index contributed by atoms with van der Waals surface area (Å²) in [5, 5.41) is 71.3. The van der Waals surface area contributed by atoms with Crippen molar-refractivity contribution < 1.29 is 87.6 Å². The lowest BCUT2D eigenvalue weighted by molar-refractivity contribution is -0.270. The van der Waals surface area contributed by atoms with E-state index in [0.29, 0.717) is 25.0 Å². The maximum atomic E-state index is 13.2. The number of carboxylic acid groups (broad SMARTS) is 2. The number of amides is 7. The molecule has 8 atom stereocenters. The van der Waals surface area contributed by atoms with Gasteiger partial charge in [0, 0.05) is 57.8 Å². The number of primary amides is 1. The highest BCUT2D eigenvalue weighted by Crippen LogP contribution is 2.22. The zero-order valence-corrected chi connectivity index (χ0v) is 39.0. The van der Waals surface area contributed by atoms with Crippen LogP contribution in [-0.4, -0.2) is 195 Å². The molecule has 69 heavy (non-hydrogen) atoms. The number of nitrogens with two attached hydrogens (primary N) is 1. The lowest BCUT2D eigenvalue weighted by Gasteiger charge is -2.42. The molecule has 2 heterocycles. The molecule has 0 radical (unpaired) electrons. The van der Waals surface area contributed by atoms with Crippen molar-refractivity contribution in [2.75, 3.05) is 52.7 Å². The van der Waals surface area contributed by atoms with Crippen LogP contribution in [0.1, 0.15) is 77.8 Å². The van der Waals surface area contributed by atoms with E-state index in [-0.39, 0.29) is 77.8 Å². The van der Waals surface area contributed by atoms with Gasteiger partial charge < -0.3 is 82.1 Å². The van der Waals surface area contributed by atoms with E-state index in [2.05, 4.69) is 42.2 Å². The summed E-state index contributed by atoms with van der Waals surface area (Å²) in [6, 6.07) is -5.11. The molecule has 0 spiro atoms. The number of carboxylic acids is 2. The molecule has 1 fully saturated rings. The van der Waals surface area contributed by atoms with Gasteiger partial charge in [-0.25, -0.2) is 4.68 Å². The molecular formula is C41H68N10O18. The van der Waals surface area contributed by atoms with E-state index in [1.807, 2.05) is 0 Å². The lowest BCUT2D eigenvalue weighted by atomic mass is 9.97. The second-order valence-electron chi connectivity index (χ2n) is 16.2. The SMILES string of the molecule is CC(=O)NC1C(O)[C@H](O)C(CO)O[C@H]1OCCn1cc(CCC(=O)NCCOCCOCC(=O)NCCCC[C@H](NC(=O)[C@H](CCC(=O)O)NC(=O)[C@H](CCC(=O)O)NC(=O)C(C)C)C(N)=O)nn1. The summed E-state index contributed by atoms with van der Waals surface area (Å²) >= 11 is 0. The number of nitrogens with zero attached hydrogens (tertiary/aromatic N) is 3. The fourth-order valence-electron chi connectivity index (χ4n) is 6.41. The molecule has 0 bridgehead atoms. The quantitative estimate of drug-likeness (QED) is 0.0283. The van der Waals surface area contributed by atoms with Gasteiger partial charge in [0.15, 0.2) is 6.29 Å². The third-order valence-corrected chi connectivity index (χ3v) is 10.2. The van der Waals surface area contributed by atoms with Crippen LogP contribution in [0.2, 0.25) is 0 Å². The molecule has 7 amide bonds. The number of unbranched alkanes of at least 4 members (excludes halogenated alkanes) is 1. The Balaban J connectivity index is 1.62. The molecule has 28 heteroatoms. The van der Waals surface area contributed by atoms with Crippen molar-refractivity contribution in [3.05, 3.63) is 11.9 Å². The normalized spacial score (nSPS) is 19.1. The topological polar surface area (TPSA) is 421 Å². The molecule has 1 aliphatic rings. The molecule has 2 rings (SSSR count). The number of aliphatic hydroxyl groups excluding tert-OH is 3. The third-order valence-electron chi connectivity index (χ3n) is 10.2. The Kier molecular flexibility index (Phi) is 27.5. The van der Waals surface area contributed by atoms with Crippen molar-refractivity contribution in [3.8, 4) is 0 Å². The van der Waals surface area contributed by atoms with Crippen LogP contribution in [-0.2, 0) is 75.1 Å². The molecule has 3 unspecified atom stereocenters. The van der Waals surface area contributed by atoms with Crippen LogP contribution < -0.4 is 37.6 Å². The highest BCUT2D eigenvalue weighted by molar-refractivity contribution is 5.94. The molecule has 1 aliphatic heterocycles. The van der Waals surface area contributed by atoms with Gasteiger partial charge in [-0.3, -0.25) is 43.2 Å². The Morgan fingerprint density at radius 1 is 0.768 bits per heavy atom. The summed E-state index contributed by atoms with van der Waals surface area (Å²) < 4.78 is 23.4. The monoisotopic (exact) mass is 988 g/mol. The van der Waals surface area contributed by atoms with E-state index in [1.54, 1.807) is 20.0 Å². The number of aliphatic carboxylic acids is 2. The standard InChI is InChI=1S/C41H68N10O18/c1-23(2)38(63)47-27(8-11-32(56)57)40(65)48-28(9-12-33(58)59)39(64)46-26(37(42)62)6-4-5-13-43-31(55)22-67-19-18-66-16-14-44-30(54)10-7-25-20-51(50-49-25)15-17-68-41-34(45-24(3)53)36(61)35(60)29(21-52)69-41/h20,23,26-29,34-36,41,52,60-61H,4-19,21-22H2,1-3H3,(H2,42,62)(H,43,55)(H,44,54)(H,45,53)(H,46,64)(H,47,63)(H,48,65)(H,56,57)(H,58,59)/t26-,27-,28-,29?,34?,35+,36?,41+/m0/s1. The van der Waals surface area contributed by atoms with Crippen LogP contribution >= 0.6 is 0 Å². The zero-order chi connectivity index (χ0) is 51.5.